The van der Waals surface area contributed by atoms with Crippen molar-refractivity contribution in [2.45, 2.75) is 26.0 Å². The Balaban J connectivity index is 2.53. The van der Waals surface area contributed by atoms with E-state index in [9.17, 15) is 4.79 Å². The van der Waals surface area contributed by atoms with Gasteiger partial charge in [-0.1, -0.05) is 6.92 Å². The number of methoxy groups -OCH3 is 1. The topological polar surface area (TPSA) is 42.4 Å². The number of rotatable bonds is 5. The van der Waals surface area contributed by atoms with Crippen molar-refractivity contribution >= 4 is 17.2 Å². The van der Waals surface area contributed by atoms with E-state index in [1.165, 1.54) is 11.3 Å². The Morgan fingerprint density at radius 3 is 2.93 bits per heavy atom. The molecule has 0 unspecified atom stereocenters. The van der Waals surface area contributed by atoms with Gasteiger partial charge in [-0.15, -0.1) is 11.3 Å². The van der Waals surface area contributed by atoms with E-state index >= 15 is 0 Å². The van der Waals surface area contributed by atoms with Gasteiger partial charge in [-0.05, 0) is 6.42 Å². The summed E-state index contributed by atoms with van der Waals surface area (Å²) in [5, 5.41) is 1.94. The predicted molar refractivity (Wildman–Crippen MR) is 59.7 cm³/mol. The molecule has 1 amide bonds. The van der Waals surface area contributed by atoms with Crippen LogP contribution in [0.15, 0.2) is 10.9 Å². The zero-order chi connectivity index (χ0) is 11.3. The summed E-state index contributed by atoms with van der Waals surface area (Å²) in [6.07, 6.45) is 0.352. The fraction of sp³-hybridized carbons (Fsp3) is 0.600. The lowest BCUT2D eigenvalue weighted by atomic mass is 10.2. The first-order valence-electron chi connectivity index (χ1n) is 4.83. The van der Waals surface area contributed by atoms with Crippen molar-refractivity contribution in [3.05, 3.63) is 16.6 Å². The molecule has 1 aromatic heterocycles. The number of hydrogen-bond acceptors (Lipinski definition) is 4. The van der Waals surface area contributed by atoms with Gasteiger partial charge in [0.25, 0.3) is 5.91 Å². The van der Waals surface area contributed by atoms with E-state index in [-0.39, 0.29) is 12.0 Å². The SMILES string of the molecule is CC[C@H](OC)C(=O)N(C)Cc1cscn1. The number of aromatic nitrogens is 1. The molecule has 0 fully saturated rings. The van der Waals surface area contributed by atoms with Crippen molar-refractivity contribution in [1.82, 2.24) is 9.88 Å². The highest BCUT2D eigenvalue weighted by molar-refractivity contribution is 7.07. The lowest BCUT2D eigenvalue weighted by molar-refractivity contribution is -0.141. The third-order valence-corrected chi connectivity index (χ3v) is 2.82. The zero-order valence-electron chi connectivity index (χ0n) is 9.27. The Morgan fingerprint density at radius 1 is 1.73 bits per heavy atom. The lowest BCUT2D eigenvalue weighted by Crippen LogP contribution is -2.36. The van der Waals surface area contributed by atoms with Gasteiger partial charge in [-0.3, -0.25) is 4.79 Å². The van der Waals surface area contributed by atoms with Crippen LogP contribution in [-0.2, 0) is 16.1 Å². The number of carbonyl (C=O) groups excluding carboxylic acids is 1. The van der Waals surface area contributed by atoms with Crippen molar-refractivity contribution in [1.29, 1.82) is 0 Å². The number of nitrogens with zero attached hydrogens (tertiary/aromatic N) is 2. The van der Waals surface area contributed by atoms with Crippen LogP contribution in [0.3, 0.4) is 0 Å². The minimum absolute atomic E-state index is 0.00741. The molecule has 1 atom stereocenters. The average molecular weight is 228 g/mol. The molecule has 1 rings (SSSR count). The van der Waals surface area contributed by atoms with E-state index in [1.807, 2.05) is 12.3 Å². The van der Waals surface area contributed by atoms with E-state index in [0.717, 1.165) is 5.69 Å². The molecule has 0 aliphatic heterocycles. The second kappa shape index (κ2) is 5.82. The van der Waals surface area contributed by atoms with Crippen LogP contribution in [-0.4, -0.2) is 36.1 Å². The summed E-state index contributed by atoms with van der Waals surface area (Å²) in [6.45, 7) is 2.48. The molecular formula is C10H16N2O2S. The molecule has 0 aliphatic rings. The number of hydrogen-bond donors (Lipinski definition) is 0. The summed E-state index contributed by atoms with van der Waals surface area (Å²) in [4.78, 5) is 17.6. The van der Waals surface area contributed by atoms with Crippen LogP contribution in [0.25, 0.3) is 0 Å². The number of likely N-dealkylation sites (N-methyl/N-ethyl adjacent to an activating group) is 1. The highest BCUT2D eigenvalue weighted by Crippen LogP contribution is 2.07. The van der Waals surface area contributed by atoms with Gasteiger partial charge in [0.15, 0.2) is 0 Å². The van der Waals surface area contributed by atoms with Crippen molar-refractivity contribution in [3.63, 3.8) is 0 Å². The first-order valence-corrected chi connectivity index (χ1v) is 5.78. The minimum atomic E-state index is -0.339. The normalized spacial score (nSPS) is 12.5. The number of carbonyl (C=O) groups is 1. The predicted octanol–water partition coefficient (Wildman–Crippen LogP) is 1.53. The number of amides is 1. The summed E-state index contributed by atoms with van der Waals surface area (Å²) in [5.41, 5.74) is 2.68. The molecule has 0 saturated heterocycles. The maximum absolute atomic E-state index is 11.8. The molecule has 4 nitrogen and oxygen atoms in total. The van der Waals surface area contributed by atoms with Gasteiger partial charge in [0.2, 0.25) is 0 Å². The van der Waals surface area contributed by atoms with Crippen LogP contribution in [0.4, 0.5) is 0 Å². The van der Waals surface area contributed by atoms with Crippen molar-refractivity contribution in [2.75, 3.05) is 14.2 Å². The Morgan fingerprint density at radius 2 is 2.47 bits per heavy atom. The van der Waals surface area contributed by atoms with E-state index in [2.05, 4.69) is 4.98 Å². The van der Waals surface area contributed by atoms with E-state index in [1.54, 1.807) is 24.6 Å². The molecule has 1 aromatic rings. The Kier molecular flexibility index (Phi) is 4.71. The molecule has 0 N–H and O–H groups in total. The molecule has 0 aliphatic carbocycles. The van der Waals surface area contributed by atoms with Crippen molar-refractivity contribution in [2.24, 2.45) is 0 Å². The van der Waals surface area contributed by atoms with Gasteiger partial charge < -0.3 is 9.64 Å². The molecule has 15 heavy (non-hydrogen) atoms. The van der Waals surface area contributed by atoms with Crippen molar-refractivity contribution < 1.29 is 9.53 Å². The molecule has 0 saturated carbocycles. The second-order valence-corrected chi connectivity index (χ2v) is 4.03. The quantitative estimate of drug-likeness (QED) is 0.767. The highest BCUT2D eigenvalue weighted by atomic mass is 32.1. The standard InChI is InChI=1S/C10H16N2O2S/c1-4-9(14-3)10(13)12(2)5-8-6-15-7-11-8/h6-7,9H,4-5H2,1-3H3/t9-/m0/s1. The van der Waals surface area contributed by atoms with Crippen LogP contribution < -0.4 is 0 Å². The van der Waals surface area contributed by atoms with Gasteiger partial charge in [0, 0.05) is 19.5 Å². The van der Waals surface area contributed by atoms with Crippen LogP contribution >= 0.6 is 11.3 Å². The van der Waals surface area contributed by atoms with Crippen LogP contribution in [0.5, 0.6) is 0 Å². The van der Waals surface area contributed by atoms with Crippen LogP contribution in [0.1, 0.15) is 19.0 Å². The van der Waals surface area contributed by atoms with Gasteiger partial charge in [0.1, 0.15) is 6.10 Å². The molecule has 0 radical (unpaired) electrons. The third kappa shape index (κ3) is 3.28. The largest absolute Gasteiger partial charge is 0.372 e. The molecule has 0 aromatic carbocycles. The van der Waals surface area contributed by atoms with Crippen molar-refractivity contribution in [3.8, 4) is 0 Å². The molecule has 5 heteroatoms. The molecular weight excluding hydrogens is 212 g/mol. The summed E-state index contributed by atoms with van der Waals surface area (Å²) in [7, 11) is 3.33. The smallest absolute Gasteiger partial charge is 0.251 e. The lowest BCUT2D eigenvalue weighted by Gasteiger charge is -2.21. The monoisotopic (exact) mass is 228 g/mol. The summed E-state index contributed by atoms with van der Waals surface area (Å²) in [5.74, 6) is 0.00741. The molecule has 0 bridgehead atoms. The highest BCUT2D eigenvalue weighted by Gasteiger charge is 2.19. The maximum Gasteiger partial charge on any atom is 0.251 e. The molecule has 0 spiro atoms. The van der Waals surface area contributed by atoms with E-state index < -0.39 is 0 Å². The van der Waals surface area contributed by atoms with E-state index in [4.69, 9.17) is 4.74 Å². The van der Waals surface area contributed by atoms with E-state index in [0.29, 0.717) is 13.0 Å². The first kappa shape index (κ1) is 12.1. The number of ether oxygens (including phenoxy) is 1. The minimum Gasteiger partial charge on any atom is -0.372 e. The fourth-order valence-corrected chi connectivity index (χ4v) is 1.87. The van der Waals surface area contributed by atoms with Gasteiger partial charge in [0.05, 0.1) is 17.7 Å². The molecule has 84 valence electrons. The first-order chi connectivity index (χ1) is 7.19. The van der Waals surface area contributed by atoms with Gasteiger partial charge in [-0.25, -0.2) is 4.98 Å². The average Bonchev–Trinajstić information content (AvgIpc) is 2.72. The fourth-order valence-electron chi connectivity index (χ4n) is 1.32. The third-order valence-electron chi connectivity index (χ3n) is 2.19. The Bertz CT molecular complexity index is 296. The van der Waals surface area contributed by atoms with Gasteiger partial charge in [-0.2, -0.15) is 0 Å². The Hall–Kier alpha value is -0.940. The summed E-state index contributed by atoms with van der Waals surface area (Å²) < 4.78 is 5.09. The summed E-state index contributed by atoms with van der Waals surface area (Å²) >= 11 is 1.53. The molecule has 1 heterocycles. The van der Waals surface area contributed by atoms with Gasteiger partial charge >= 0.3 is 0 Å². The Labute approximate surface area is 93.9 Å². The maximum atomic E-state index is 11.8. The number of thiazole rings is 1. The van der Waals surface area contributed by atoms with Crippen LogP contribution in [0.2, 0.25) is 0 Å². The zero-order valence-corrected chi connectivity index (χ0v) is 10.1. The summed E-state index contributed by atoms with van der Waals surface area (Å²) in [6, 6.07) is 0. The second-order valence-electron chi connectivity index (χ2n) is 3.31. The van der Waals surface area contributed by atoms with Crippen LogP contribution in [0, 0.1) is 0 Å².